The van der Waals surface area contributed by atoms with Gasteiger partial charge in [0.1, 0.15) is 5.69 Å². The zero-order valence-electron chi connectivity index (χ0n) is 17.6. The number of esters is 1. The van der Waals surface area contributed by atoms with E-state index in [4.69, 9.17) is 9.94 Å². The second-order valence-corrected chi connectivity index (χ2v) is 6.77. The van der Waals surface area contributed by atoms with Gasteiger partial charge in [-0.15, -0.1) is 0 Å². The molecule has 0 aromatic heterocycles. The van der Waals surface area contributed by atoms with Crippen molar-refractivity contribution >= 4 is 11.7 Å². The van der Waals surface area contributed by atoms with Gasteiger partial charge in [0, 0.05) is 0 Å². The van der Waals surface area contributed by atoms with Crippen molar-refractivity contribution in [3.8, 4) is 5.75 Å². The van der Waals surface area contributed by atoms with Gasteiger partial charge in [-0.25, -0.2) is 13.6 Å². The molecule has 2 aromatic rings. The first-order valence-corrected chi connectivity index (χ1v) is 9.37. The highest BCUT2D eigenvalue weighted by atomic mass is 19.2. The number of rotatable bonds is 4. The Balaban J connectivity index is 0.00000108. The van der Waals surface area contributed by atoms with Crippen molar-refractivity contribution in [3.05, 3.63) is 59.2 Å². The molecule has 156 valence electrons. The smallest absolute Gasteiger partial charge is 0.343 e. The molecule has 0 bridgehead atoms. The Morgan fingerprint density at radius 1 is 0.964 bits per heavy atom. The minimum Gasteiger partial charge on any atom is -0.421 e. The van der Waals surface area contributed by atoms with Gasteiger partial charge in [-0.05, 0) is 47.7 Å². The van der Waals surface area contributed by atoms with E-state index in [1.165, 1.54) is 0 Å². The van der Waals surface area contributed by atoms with Gasteiger partial charge >= 0.3 is 5.97 Å². The Morgan fingerprint density at radius 2 is 1.54 bits per heavy atom. The molecular weight excluding hydrogens is 364 g/mol. The first-order chi connectivity index (χ1) is 13.1. The molecule has 0 atom stereocenters. The normalized spacial score (nSPS) is 9.86. The maximum absolute atomic E-state index is 13.2. The molecule has 0 spiro atoms. The SMILES string of the molecule is CC.CC(C)C.CC(C)c1ccc(NO)c(OC(=O)c2ccc(F)c(F)c2)c1. The van der Waals surface area contributed by atoms with Gasteiger partial charge in [0.05, 0.1) is 5.56 Å². The fourth-order valence-electron chi connectivity index (χ4n) is 1.86. The van der Waals surface area contributed by atoms with Gasteiger partial charge in [-0.1, -0.05) is 54.5 Å². The summed E-state index contributed by atoms with van der Waals surface area (Å²) < 4.78 is 31.2. The Labute approximate surface area is 166 Å². The number of hydrogen-bond acceptors (Lipinski definition) is 4. The minimum absolute atomic E-state index is 0.100. The molecular formula is C22H31F2NO3. The maximum atomic E-state index is 13.2. The average Bonchev–Trinajstić information content (AvgIpc) is 2.65. The third-order valence-corrected chi connectivity index (χ3v) is 3.15. The fourth-order valence-corrected chi connectivity index (χ4v) is 1.86. The van der Waals surface area contributed by atoms with Crippen LogP contribution in [-0.2, 0) is 0 Å². The van der Waals surface area contributed by atoms with Crippen molar-refractivity contribution in [1.29, 1.82) is 0 Å². The summed E-state index contributed by atoms with van der Waals surface area (Å²) in [5, 5.41) is 9.06. The molecule has 6 heteroatoms. The summed E-state index contributed by atoms with van der Waals surface area (Å²) in [6, 6.07) is 7.67. The van der Waals surface area contributed by atoms with Gasteiger partial charge in [0.2, 0.25) is 0 Å². The van der Waals surface area contributed by atoms with Crippen LogP contribution >= 0.6 is 0 Å². The van der Waals surface area contributed by atoms with Crippen molar-refractivity contribution in [2.75, 3.05) is 5.48 Å². The largest absolute Gasteiger partial charge is 0.421 e. The Hall–Kier alpha value is -2.47. The Morgan fingerprint density at radius 3 is 2.00 bits per heavy atom. The predicted octanol–water partition coefficient (Wildman–Crippen LogP) is 6.80. The molecule has 0 saturated carbocycles. The van der Waals surface area contributed by atoms with Gasteiger partial charge in [0.25, 0.3) is 0 Å². The summed E-state index contributed by atoms with van der Waals surface area (Å²) in [5.74, 6) is -1.91. The third-order valence-electron chi connectivity index (χ3n) is 3.15. The van der Waals surface area contributed by atoms with E-state index in [0.29, 0.717) is 0 Å². The highest BCUT2D eigenvalue weighted by Crippen LogP contribution is 2.29. The van der Waals surface area contributed by atoms with E-state index in [2.05, 4.69) is 20.8 Å². The van der Waals surface area contributed by atoms with Crippen LogP contribution in [0.2, 0.25) is 0 Å². The molecule has 0 amide bonds. The summed E-state index contributed by atoms with van der Waals surface area (Å²) in [6.07, 6.45) is 0. The van der Waals surface area contributed by atoms with E-state index in [-0.39, 0.29) is 22.9 Å². The molecule has 0 radical (unpaired) electrons. The number of carbonyl (C=O) groups is 1. The average molecular weight is 395 g/mol. The summed E-state index contributed by atoms with van der Waals surface area (Å²) in [6.45, 7) is 14.4. The number of carbonyl (C=O) groups excluding carboxylic acids is 1. The molecule has 0 heterocycles. The van der Waals surface area contributed by atoms with E-state index in [0.717, 1.165) is 29.7 Å². The first kappa shape index (κ1) is 25.5. The number of ether oxygens (including phenoxy) is 1. The van der Waals surface area contributed by atoms with E-state index in [1.807, 2.05) is 33.2 Å². The lowest BCUT2D eigenvalue weighted by molar-refractivity contribution is 0.0734. The molecule has 0 saturated heterocycles. The molecule has 2 N–H and O–H groups in total. The molecule has 2 rings (SSSR count). The molecule has 28 heavy (non-hydrogen) atoms. The lowest BCUT2D eigenvalue weighted by Gasteiger charge is -2.13. The monoisotopic (exact) mass is 395 g/mol. The Kier molecular flexibility index (Phi) is 11.7. The number of nitrogens with one attached hydrogen (secondary N) is 1. The highest BCUT2D eigenvalue weighted by Gasteiger charge is 2.15. The van der Waals surface area contributed by atoms with Crippen molar-refractivity contribution < 1.29 is 23.5 Å². The second kappa shape index (κ2) is 12.8. The predicted molar refractivity (Wildman–Crippen MR) is 109 cm³/mol. The van der Waals surface area contributed by atoms with Crippen molar-refractivity contribution in [1.82, 2.24) is 0 Å². The van der Waals surface area contributed by atoms with Crippen LogP contribution < -0.4 is 10.2 Å². The highest BCUT2D eigenvalue weighted by molar-refractivity contribution is 5.91. The standard InChI is InChI=1S/C16H15F2NO3.C4H10.C2H6/c1-9(2)10-4-6-14(19-21)15(8-10)22-16(20)11-3-5-12(17)13(18)7-11;1-4(2)3;1-2/h3-9,19,21H,1-2H3;4H,1-3H3;1-2H3. The van der Waals surface area contributed by atoms with Crippen molar-refractivity contribution in [2.45, 2.75) is 54.4 Å². The van der Waals surface area contributed by atoms with Crippen molar-refractivity contribution in [2.24, 2.45) is 5.92 Å². The first-order valence-electron chi connectivity index (χ1n) is 9.37. The summed E-state index contributed by atoms with van der Waals surface area (Å²) in [7, 11) is 0. The third kappa shape index (κ3) is 8.48. The van der Waals surface area contributed by atoms with Crippen LogP contribution in [0.25, 0.3) is 0 Å². The molecule has 0 aliphatic carbocycles. The molecule has 0 fully saturated rings. The molecule has 4 nitrogen and oxygen atoms in total. The van der Waals surface area contributed by atoms with Gasteiger partial charge < -0.3 is 4.74 Å². The lowest BCUT2D eigenvalue weighted by Crippen LogP contribution is -2.11. The van der Waals surface area contributed by atoms with Crippen LogP contribution in [0.1, 0.15) is 70.3 Å². The number of benzene rings is 2. The van der Waals surface area contributed by atoms with E-state index in [1.54, 1.807) is 18.2 Å². The molecule has 0 aliphatic heterocycles. The summed E-state index contributed by atoms with van der Waals surface area (Å²) >= 11 is 0. The van der Waals surface area contributed by atoms with Crippen LogP contribution in [0, 0.1) is 17.6 Å². The second-order valence-electron chi connectivity index (χ2n) is 6.77. The zero-order chi connectivity index (χ0) is 21.9. The number of halogens is 2. The van der Waals surface area contributed by atoms with Crippen LogP contribution in [-0.4, -0.2) is 11.2 Å². The Bertz CT molecular complexity index is 744. The van der Waals surface area contributed by atoms with E-state index < -0.39 is 17.6 Å². The fraction of sp³-hybridized carbons (Fsp3) is 0.409. The molecule has 0 unspecified atom stereocenters. The summed E-state index contributed by atoms with van der Waals surface area (Å²) in [4.78, 5) is 12.0. The van der Waals surface area contributed by atoms with Crippen LogP contribution in [0.3, 0.4) is 0 Å². The van der Waals surface area contributed by atoms with E-state index in [9.17, 15) is 13.6 Å². The van der Waals surface area contributed by atoms with Gasteiger partial charge in [-0.3, -0.25) is 10.7 Å². The topological polar surface area (TPSA) is 58.6 Å². The zero-order valence-corrected chi connectivity index (χ0v) is 17.6. The molecule has 0 aliphatic rings. The number of anilines is 1. The van der Waals surface area contributed by atoms with Gasteiger partial charge in [0.15, 0.2) is 17.4 Å². The quantitative estimate of drug-likeness (QED) is 0.340. The van der Waals surface area contributed by atoms with Crippen LogP contribution in [0.15, 0.2) is 36.4 Å². The van der Waals surface area contributed by atoms with E-state index >= 15 is 0 Å². The maximum Gasteiger partial charge on any atom is 0.343 e. The van der Waals surface area contributed by atoms with Crippen molar-refractivity contribution in [3.63, 3.8) is 0 Å². The molecule has 2 aromatic carbocycles. The minimum atomic E-state index is -1.13. The van der Waals surface area contributed by atoms with Crippen LogP contribution in [0.4, 0.5) is 14.5 Å². The summed E-state index contributed by atoms with van der Waals surface area (Å²) in [5.41, 5.74) is 2.89. The lowest BCUT2D eigenvalue weighted by atomic mass is 10.0. The van der Waals surface area contributed by atoms with Gasteiger partial charge in [-0.2, -0.15) is 0 Å². The van der Waals surface area contributed by atoms with Crippen LogP contribution in [0.5, 0.6) is 5.75 Å². The number of hydrogen-bond donors (Lipinski definition) is 2.